The number of unbranched alkanes of at least 4 members (excludes halogenated alkanes) is 2. The van der Waals surface area contributed by atoms with Crippen LogP contribution in [0.15, 0.2) is 0 Å². The molecule has 1 aliphatic carbocycles. The third kappa shape index (κ3) is 8.40. The number of nitrogens with zero attached hydrogens (tertiary/aromatic N) is 1. The lowest BCUT2D eigenvalue weighted by Gasteiger charge is -2.32. The van der Waals surface area contributed by atoms with E-state index in [4.69, 9.17) is 4.74 Å². The summed E-state index contributed by atoms with van der Waals surface area (Å²) in [6.45, 7) is 6.59. The quantitative estimate of drug-likeness (QED) is 0.427. The maximum atomic E-state index is 12.0. The Hall–Kier alpha value is -0.250. The van der Waals surface area contributed by atoms with Crippen molar-refractivity contribution in [2.24, 2.45) is 11.8 Å². The number of hydrogen-bond acceptors (Lipinski definition) is 2. The van der Waals surface area contributed by atoms with Gasteiger partial charge in [0, 0.05) is 18.9 Å². The van der Waals surface area contributed by atoms with E-state index in [0.29, 0.717) is 5.92 Å². The normalized spacial score (nSPS) is 22.4. The summed E-state index contributed by atoms with van der Waals surface area (Å²) in [4.78, 5) is 13.8. The Kier molecular flexibility index (Phi) is 8.81. The van der Waals surface area contributed by atoms with Gasteiger partial charge in [-0.15, -0.1) is 0 Å². The minimum absolute atomic E-state index is 0.190. The van der Waals surface area contributed by atoms with Crippen LogP contribution in [0.5, 0.6) is 0 Å². The highest BCUT2D eigenvalue weighted by atomic mass is 79.9. The summed E-state index contributed by atoms with van der Waals surface area (Å²) < 4.78 is 5.42. The Balaban J connectivity index is 2.20. The molecule has 0 radical (unpaired) electrons. The number of alkyl halides is 1. The molecule has 0 atom stereocenters. The molecule has 1 aliphatic rings. The zero-order valence-corrected chi connectivity index (χ0v) is 16.5. The van der Waals surface area contributed by atoms with Gasteiger partial charge in [-0.3, -0.25) is 0 Å². The van der Waals surface area contributed by atoms with E-state index in [1.165, 1.54) is 51.4 Å². The molecule has 4 heteroatoms. The largest absolute Gasteiger partial charge is 0.444 e. The summed E-state index contributed by atoms with van der Waals surface area (Å²) in [5, 5.41) is 1.14. The monoisotopic (exact) mass is 375 g/mol. The Morgan fingerprint density at radius 1 is 1.09 bits per heavy atom. The summed E-state index contributed by atoms with van der Waals surface area (Å²) in [7, 11) is 1.86. The lowest BCUT2D eigenvalue weighted by atomic mass is 9.79. The lowest BCUT2D eigenvalue weighted by Crippen LogP contribution is -2.37. The van der Waals surface area contributed by atoms with Crippen molar-refractivity contribution in [3.05, 3.63) is 0 Å². The molecule has 0 N–H and O–H groups in total. The Morgan fingerprint density at radius 3 is 2.23 bits per heavy atom. The second kappa shape index (κ2) is 9.79. The number of halogens is 1. The fourth-order valence-electron chi connectivity index (χ4n) is 3.21. The SMILES string of the molecule is CN(CC1CCC(CCCCCBr)CC1)C(=O)OC(C)(C)C. The van der Waals surface area contributed by atoms with Crippen molar-refractivity contribution < 1.29 is 9.53 Å². The number of amides is 1. The highest BCUT2D eigenvalue weighted by molar-refractivity contribution is 9.09. The molecular weight excluding hydrogens is 342 g/mol. The van der Waals surface area contributed by atoms with Gasteiger partial charge in [-0.05, 0) is 51.9 Å². The topological polar surface area (TPSA) is 29.5 Å². The standard InChI is InChI=1S/C18H34BrNO2/c1-18(2,3)22-17(21)20(4)14-16-11-9-15(10-12-16)8-6-5-7-13-19/h15-16H,5-14H2,1-4H3. The molecule has 0 aliphatic heterocycles. The first kappa shape index (κ1) is 19.8. The van der Waals surface area contributed by atoms with Crippen LogP contribution in [0.25, 0.3) is 0 Å². The summed E-state index contributed by atoms with van der Waals surface area (Å²) in [5.41, 5.74) is -0.405. The van der Waals surface area contributed by atoms with Crippen molar-refractivity contribution in [2.75, 3.05) is 18.9 Å². The molecule has 0 aromatic carbocycles. The third-order valence-electron chi connectivity index (χ3n) is 4.45. The summed E-state index contributed by atoms with van der Waals surface area (Å²) >= 11 is 3.49. The summed E-state index contributed by atoms with van der Waals surface area (Å²) in [6, 6.07) is 0. The summed E-state index contributed by atoms with van der Waals surface area (Å²) in [5.74, 6) is 1.56. The molecule has 0 aromatic heterocycles. The Labute approximate surface area is 145 Å². The van der Waals surface area contributed by atoms with Gasteiger partial charge in [0.15, 0.2) is 0 Å². The van der Waals surface area contributed by atoms with Crippen LogP contribution in [0.4, 0.5) is 4.79 Å². The first-order chi connectivity index (χ1) is 10.3. The predicted octanol–water partition coefficient (Wildman–Crippen LogP) is 5.62. The molecule has 0 saturated heterocycles. The van der Waals surface area contributed by atoms with Crippen molar-refractivity contribution >= 4 is 22.0 Å². The molecule has 0 aromatic rings. The molecule has 0 spiro atoms. The minimum atomic E-state index is -0.405. The fraction of sp³-hybridized carbons (Fsp3) is 0.944. The van der Waals surface area contributed by atoms with Crippen molar-refractivity contribution in [3.63, 3.8) is 0 Å². The van der Waals surface area contributed by atoms with E-state index in [0.717, 1.165) is 17.8 Å². The van der Waals surface area contributed by atoms with Crippen LogP contribution in [0.2, 0.25) is 0 Å². The number of ether oxygens (including phenoxy) is 1. The highest BCUT2D eigenvalue weighted by Crippen LogP contribution is 2.32. The number of carbonyl (C=O) groups is 1. The van der Waals surface area contributed by atoms with Crippen LogP contribution in [-0.4, -0.2) is 35.5 Å². The second-order valence-corrected chi connectivity index (χ2v) is 8.58. The van der Waals surface area contributed by atoms with Gasteiger partial charge < -0.3 is 9.64 Å². The molecule has 1 rings (SSSR count). The molecule has 3 nitrogen and oxygen atoms in total. The van der Waals surface area contributed by atoms with Crippen molar-refractivity contribution in [1.29, 1.82) is 0 Å². The van der Waals surface area contributed by atoms with E-state index in [2.05, 4.69) is 15.9 Å². The van der Waals surface area contributed by atoms with Crippen LogP contribution < -0.4 is 0 Å². The van der Waals surface area contributed by atoms with E-state index < -0.39 is 5.60 Å². The highest BCUT2D eigenvalue weighted by Gasteiger charge is 2.25. The average molecular weight is 376 g/mol. The van der Waals surface area contributed by atoms with E-state index in [1.807, 2.05) is 27.8 Å². The average Bonchev–Trinajstić information content (AvgIpc) is 2.43. The van der Waals surface area contributed by atoms with Crippen LogP contribution in [0.3, 0.4) is 0 Å². The van der Waals surface area contributed by atoms with Gasteiger partial charge in [-0.25, -0.2) is 4.79 Å². The molecule has 22 heavy (non-hydrogen) atoms. The number of rotatable bonds is 7. The molecule has 1 fully saturated rings. The Morgan fingerprint density at radius 2 is 1.68 bits per heavy atom. The molecule has 130 valence electrons. The van der Waals surface area contributed by atoms with E-state index in [9.17, 15) is 4.79 Å². The zero-order chi connectivity index (χ0) is 16.6. The maximum Gasteiger partial charge on any atom is 0.410 e. The molecule has 1 saturated carbocycles. The van der Waals surface area contributed by atoms with Gasteiger partial charge in [0.2, 0.25) is 0 Å². The van der Waals surface area contributed by atoms with Crippen molar-refractivity contribution in [2.45, 2.75) is 77.7 Å². The maximum absolute atomic E-state index is 12.0. The smallest absolute Gasteiger partial charge is 0.410 e. The molecular formula is C18H34BrNO2. The first-order valence-electron chi connectivity index (χ1n) is 8.82. The van der Waals surface area contributed by atoms with E-state index in [-0.39, 0.29) is 6.09 Å². The van der Waals surface area contributed by atoms with Crippen LogP contribution >= 0.6 is 15.9 Å². The molecule has 0 unspecified atom stereocenters. The lowest BCUT2D eigenvalue weighted by molar-refractivity contribution is 0.0257. The van der Waals surface area contributed by atoms with Crippen LogP contribution in [0, 0.1) is 11.8 Å². The fourth-order valence-corrected chi connectivity index (χ4v) is 3.61. The molecule has 1 amide bonds. The zero-order valence-electron chi connectivity index (χ0n) is 14.9. The Bertz CT molecular complexity index is 320. The van der Waals surface area contributed by atoms with E-state index in [1.54, 1.807) is 4.90 Å². The minimum Gasteiger partial charge on any atom is -0.444 e. The van der Waals surface area contributed by atoms with Gasteiger partial charge in [0.05, 0.1) is 0 Å². The second-order valence-electron chi connectivity index (χ2n) is 7.79. The molecule has 0 heterocycles. The van der Waals surface area contributed by atoms with Gasteiger partial charge in [0.25, 0.3) is 0 Å². The van der Waals surface area contributed by atoms with Gasteiger partial charge in [-0.2, -0.15) is 0 Å². The van der Waals surface area contributed by atoms with Gasteiger partial charge in [-0.1, -0.05) is 48.0 Å². The van der Waals surface area contributed by atoms with E-state index >= 15 is 0 Å². The van der Waals surface area contributed by atoms with Gasteiger partial charge in [0.1, 0.15) is 5.60 Å². The first-order valence-corrected chi connectivity index (χ1v) is 9.94. The van der Waals surface area contributed by atoms with Gasteiger partial charge >= 0.3 is 6.09 Å². The summed E-state index contributed by atoms with van der Waals surface area (Å²) in [6.07, 6.45) is 10.4. The van der Waals surface area contributed by atoms with Crippen LogP contribution in [-0.2, 0) is 4.74 Å². The van der Waals surface area contributed by atoms with Crippen LogP contribution in [0.1, 0.15) is 72.1 Å². The van der Waals surface area contributed by atoms with Crippen molar-refractivity contribution in [1.82, 2.24) is 4.90 Å². The number of hydrogen-bond donors (Lipinski definition) is 0. The van der Waals surface area contributed by atoms with Crippen molar-refractivity contribution in [3.8, 4) is 0 Å². The predicted molar refractivity (Wildman–Crippen MR) is 96.6 cm³/mol. The number of carbonyl (C=O) groups excluding carboxylic acids is 1. The third-order valence-corrected chi connectivity index (χ3v) is 5.01. The molecule has 0 bridgehead atoms.